The van der Waals surface area contributed by atoms with Crippen LogP contribution in [0.1, 0.15) is 19.8 Å². The van der Waals surface area contributed by atoms with Gasteiger partial charge in [-0.15, -0.1) is 0 Å². The van der Waals surface area contributed by atoms with E-state index in [0.29, 0.717) is 17.8 Å². The molecule has 0 aromatic heterocycles. The third-order valence-corrected chi connectivity index (χ3v) is 2.93. The Balaban J connectivity index is 2.29. The lowest BCUT2D eigenvalue weighted by Crippen LogP contribution is -2.52. The Morgan fingerprint density at radius 1 is 1.69 bits per heavy atom. The average Bonchev–Trinajstić information content (AvgIpc) is 2.09. The van der Waals surface area contributed by atoms with Gasteiger partial charge in [0.15, 0.2) is 0 Å². The highest BCUT2D eigenvalue weighted by Crippen LogP contribution is 2.08. The minimum absolute atomic E-state index is 0.160. The number of carbonyl (C=O) groups excluding carboxylic acids is 1. The van der Waals surface area contributed by atoms with E-state index >= 15 is 0 Å². The normalized spacial score (nSPS) is 28.5. The van der Waals surface area contributed by atoms with Crippen LogP contribution in [0.3, 0.4) is 0 Å². The van der Waals surface area contributed by atoms with Crippen LogP contribution < -0.4 is 10.6 Å². The zero-order chi connectivity index (χ0) is 9.68. The molecule has 1 aliphatic rings. The van der Waals surface area contributed by atoms with Crippen molar-refractivity contribution in [1.82, 2.24) is 10.6 Å². The lowest BCUT2D eigenvalue weighted by atomic mass is 10.00. The van der Waals surface area contributed by atoms with Gasteiger partial charge in [-0.25, -0.2) is 0 Å². The third kappa shape index (κ3) is 3.56. The summed E-state index contributed by atoms with van der Waals surface area (Å²) in [4.78, 5) is 11.3. The summed E-state index contributed by atoms with van der Waals surface area (Å²) in [6.07, 6.45) is 4.21. The number of carbonyl (C=O) groups is 1. The van der Waals surface area contributed by atoms with Gasteiger partial charge >= 0.3 is 0 Å². The Bertz CT molecular complexity index is 175. The molecule has 1 amide bonds. The molecule has 2 atom stereocenters. The fourth-order valence-corrected chi connectivity index (χ4v) is 1.97. The van der Waals surface area contributed by atoms with E-state index in [0.717, 1.165) is 19.4 Å². The molecule has 1 rings (SSSR count). The standard InChI is InChI=1S/C9H18N2OS/c1-7-8(4-3-5-10-7)11-9(12)6-13-2/h7-8,10H,3-6H2,1-2H3,(H,11,12)/t7-,8-/m1/s1. The summed E-state index contributed by atoms with van der Waals surface area (Å²) in [6, 6.07) is 0.743. The van der Waals surface area contributed by atoms with E-state index in [-0.39, 0.29) is 5.91 Å². The second-order valence-corrected chi connectivity index (χ2v) is 4.36. The molecular weight excluding hydrogens is 184 g/mol. The third-order valence-electron chi connectivity index (χ3n) is 2.38. The second-order valence-electron chi connectivity index (χ2n) is 3.49. The van der Waals surface area contributed by atoms with Crippen LogP contribution in [-0.2, 0) is 4.79 Å². The van der Waals surface area contributed by atoms with Gasteiger partial charge in [-0.3, -0.25) is 4.79 Å². The maximum atomic E-state index is 11.3. The van der Waals surface area contributed by atoms with E-state index in [4.69, 9.17) is 0 Å². The minimum atomic E-state index is 0.160. The van der Waals surface area contributed by atoms with Crippen molar-refractivity contribution < 1.29 is 4.79 Å². The summed E-state index contributed by atoms with van der Waals surface area (Å²) >= 11 is 1.57. The van der Waals surface area contributed by atoms with E-state index in [1.54, 1.807) is 11.8 Å². The summed E-state index contributed by atoms with van der Waals surface area (Å²) in [6.45, 7) is 3.21. The molecule has 0 aliphatic carbocycles. The first-order valence-corrected chi connectivity index (χ1v) is 6.15. The second kappa shape index (κ2) is 5.50. The molecule has 0 aromatic rings. The summed E-state index contributed by atoms with van der Waals surface area (Å²) in [5.74, 6) is 0.733. The van der Waals surface area contributed by atoms with Crippen molar-refractivity contribution in [3.05, 3.63) is 0 Å². The van der Waals surface area contributed by atoms with Crippen LogP contribution >= 0.6 is 11.8 Å². The molecule has 1 aliphatic heterocycles. The van der Waals surface area contributed by atoms with Gasteiger partial charge in [-0.2, -0.15) is 11.8 Å². The van der Waals surface area contributed by atoms with E-state index in [1.165, 1.54) is 0 Å². The van der Waals surface area contributed by atoms with E-state index < -0.39 is 0 Å². The first-order chi connectivity index (χ1) is 6.24. The number of nitrogens with one attached hydrogen (secondary N) is 2. The molecule has 13 heavy (non-hydrogen) atoms. The van der Waals surface area contributed by atoms with Crippen LogP contribution in [-0.4, -0.2) is 36.5 Å². The van der Waals surface area contributed by atoms with Crippen LogP contribution in [0.25, 0.3) is 0 Å². The highest BCUT2D eigenvalue weighted by molar-refractivity contribution is 7.99. The van der Waals surface area contributed by atoms with Crippen molar-refractivity contribution >= 4 is 17.7 Å². The smallest absolute Gasteiger partial charge is 0.230 e. The van der Waals surface area contributed by atoms with Crippen LogP contribution in [0.15, 0.2) is 0 Å². The van der Waals surface area contributed by atoms with Gasteiger partial charge in [-0.1, -0.05) is 0 Å². The Labute approximate surface area is 84.0 Å². The zero-order valence-corrected chi connectivity index (χ0v) is 9.12. The molecule has 0 radical (unpaired) electrons. The number of rotatable bonds is 3. The molecule has 2 N–H and O–H groups in total. The largest absolute Gasteiger partial charge is 0.351 e. The van der Waals surface area contributed by atoms with Gasteiger partial charge < -0.3 is 10.6 Å². The van der Waals surface area contributed by atoms with Gasteiger partial charge in [-0.05, 0) is 32.6 Å². The Kier molecular flexibility index (Phi) is 4.59. The van der Waals surface area contributed by atoms with Gasteiger partial charge in [0, 0.05) is 12.1 Å². The summed E-state index contributed by atoms with van der Waals surface area (Å²) in [5, 5.41) is 6.41. The molecule has 1 saturated heterocycles. The maximum Gasteiger partial charge on any atom is 0.230 e. The molecule has 1 heterocycles. The van der Waals surface area contributed by atoms with Gasteiger partial charge in [0.05, 0.1) is 5.75 Å². The summed E-state index contributed by atoms with van der Waals surface area (Å²) in [7, 11) is 0. The van der Waals surface area contributed by atoms with Crippen LogP contribution in [0, 0.1) is 0 Å². The first kappa shape index (κ1) is 10.9. The van der Waals surface area contributed by atoms with Crippen molar-refractivity contribution in [2.45, 2.75) is 31.8 Å². The number of piperidine rings is 1. The average molecular weight is 202 g/mol. The fraction of sp³-hybridized carbons (Fsp3) is 0.889. The molecule has 4 heteroatoms. The Morgan fingerprint density at radius 2 is 2.46 bits per heavy atom. The lowest BCUT2D eigenvalue weighted by molar-refractivity contribution is -0.119. The Hall–Kier alpha value is -0.220. The monoisotopic (exact) mass is 202 g/mol. The van der Waals surface area contributed by atoms with Crippen LogP contribution in [0.2, 0.25) is 0 Å². The summed E-state index contributed by atoms with van der Waals surface area (Å²) < 4.78 is 0. The quantitative estimate of drug-likeness (QED) is 0.704. The SMILES string of the molecule is CSCC(=O)N[C@@H]1CCCN[C@@H]1C. The van der Waals surface area contributed by atoms with E-state index in [2.05, 4.69) is 17.6 Å². The van der Waals surface area contributed by atoms with Gasteiger partial charge in [0.2, 0.25) is 5.91 Å². The zero-order valence-electron chi connectivity index (χ0n) is 8.30. The molecule has 1 fully saturated rings. The van der Waals surface area contributed by atoms with Crippen molar-refractivity contribution in [3.8, 4) is 0 Å². The molecule has 0 aromatic carbocycles. The molecule has 0 bridgehead atoms. The molecular formula is C9H18N2OS. The van der Waals surface area contributed by atoms with Crippen molar-refractivity contribution in [1.29, 1.82) is 0 Å². The van der Waals surface area contributed by atoms with Gasteiger partial charge in [0.25, 0.3) is 0 Å². The molecule has 0 spiro atoms. The highest BCUT2D eigenvalue weighted by atomic mass is 32.2. The molecule has 3 nitrogen and oxygen atoms in total. The predicted molar refractivity (Wildman–Crippen MR) is 57.0 cm³/mol. The van der Waals surface area contributed by atoms with Crippen molar-refractivity contribution in [2.75, 3.05) is 18.6 Å². The number of thioether (sulfide) groups is 1. The fourth-order valence-electron chi connectivity index (χ4n) is 1.62. The maximum absolute atomic E-state index is 11.3. The topological polar surface area (TPSA) is 41.1 Å². The van der Waals surface area contributed by atoms with Crippen LogP contribution in [0.4, 0.5) is 0 Å². The summed E-state index contributed by atoms with van der Waals surface area (Å²) in [5.41, 5.74) is 0. The van der Waals surface area contributed by atoms with Crippen LogP contribution in [0.5, 0.6) is 0 Å². The van der Waals surface area contributed by atoms with E-state index in [9.17, 15) is 4.79 Å². The minimum Gasteiger partial charge on any atom is -0.351 e. The van der Waals surface area contributed by atoms with Gasteiger partial charge in [0.1, 0.15) is 0 Å². The highest BCUT2D eigenvalue weighted by Gasteiger charge is 2.21. The number of hydrogen-bond acceptors (Lipinski definition) is 3. The molecule has 0 unspecified atom stereocenters. The first-order valence-electron chi connectivity index (χ1n) is 4.75. The molecule has 0 saturated carbocycles. The van der Waals surface area contributed by atoms with Crippen molar-refractivity contribution in [3.63, 3.8) is 0 Å². The Morgan fingerprint density at radius 3 is 3.08 bits per heavy atom. The molecule has 76 valence electrons. The number of amides is 1. The van der Waals surface area contributed by atoms with Crippen molar-refractivity contribution in [2.24, 2.45) is 0 Å². The predicted octanol–water partition coefficient (Wildman–Crippen LogP) is 0.606. The number of hydrogen-bond donors (Lipinski definition) is 2. The van der Waals surface area contributed by atoms with E-state index in [1.807, 2.05) is 6.26 Å². The lowest BCUT2D eigenvalue weighted by Gasteiger charge is -2.30.